The van der Waals surface area contributed by atoms with Gasteiger partial charge in [0.2, 0.25) is 0 Å². The van der Waals surface area contributed by atoms with Gasteiger partial charge in [-0.2, -0.15) is 18.2 Å². The van der Waals surface area contributed by atoms with Crippen molar-refractivity contribution >= 4 is 17.2 Å². The van der Waals surface area contributed by atoms with E-state index >= 15 is 0 Å². The van der Waals surface area contributed by atoms with Gasteiger partial charge in [-0.05, 0) is 16.5 Å². The van der Waals surface area contributed by atoms with E-state index in [1.807, 2.05) is 42.7 Å². The molecule has 4 aromatic carbocycles. The predicted octanol–water partition coefficient (Wildman–Crippen LogP) is 10.5. The van der Waals surface area contributed by atoms with Gasteiger partial charge in [0.15, 0.2) is 0 Å². The molecule has 0 N–H and O–H groups in total. The number of rotatable bonds is 7. The molecular weight excluding hydrogens is 654 g/mol. The average Bonchev–Trinajstić information content (AvgIpc) is 3.77. The largest absolute Gasteiger partial charge is 2.00 e. The number of hydrogen-bond acceptors (Lipinski definition) is 4. The van der Waals surface area contributed by atoms with Crippen molar-refractivity contribution in [3.63, 3.8) is 0 Å². The Kier molecular flexibility index (Phi) is 12.2. The predicted molar refractivity (Wildman–Crippen MR) is 199 cm³/mol. The molecule has 2 heterocycles. The van der Waals surface area contributed by atoms with Crippen molar-refractivity contribution in [1.82, 2.24) is 19.9 Å². The molecule has 0 saturated heterocycles. The fourth-order valence-electron chi connectivity index (χ4n) is 6.27. The first-order chi connectivity index (χ1) is 22.0. The molecule has 2 aromatic heterocycles. The van der Waals surface area contributed by atoms with E-state index in [0.29, 0.717) is 0 Å². The van der Waals surface area contributed by atoms with E-state index in [1.54, 1.807) is 24.8 Å². The van der Waals surface area contributed by atoms with Crippen LogP contribution in [-0.4, -0.2) is 30.2 Å². The first-order valence-electron chi connectivity index (χ1n) is 15.7. The third-order valence-corrected chi connectivity index (χ3v) is 13.0. The zero-order valence-corrected chi connectivity index (χ0v) is 31.2. The Morgan fingerprint density at radius 2 is 1.21 bits per heavy atom. The maximum absolute atomic E-state index is 4.86. The van der Waals surface area contributed by atoms with Crippen LogP contribution in [-0.2, 0) is 28.4 Å². The van der Waals surface area contributed by atoms with E-state index in [2.05, 4.69) is 127 Å². The normalized spacial score (nSPS) is 11.8. The molecular formula is C40H44FeN4P2. The van der Waals surface area contributed by atoms with Crippen LogP contribution < -0.4 is 0 Å². The van der Waals surface area contributed by atoms with Crippen molar-refractivity contribution in [3.05, 3.63) is 157 Å². The van der Waals surface area contributed by atoms with Gasteiger partial charge in [-0.1, -0.05) is 126 Å². The molecule has 0 aliphatic carbocycles. The SMILES string of the molecule is CC(C)(C)P(Cc1c(C(P)(c2cnccn2)c2cnccn2)cc(-c2ccccc2)[c-]1-c1ccccc1)C(C)(C)C.[Fe+2].c1cc[cH-]c1. The Balaban J connectivity index is 0.000000762. The van der Waals surface area contributed by atoms with Crippen LogP contribution in [0, 0.1) is 0 Å². The zero-order valence-electron chi connectivity index (χ0n) is 28.1. The molecule has 4 nitrogen and oxygen atoms in total. The van der Waals surface area contributed by atoms with Crippen LogP contribution in [0.15, 0.2) is 134 Å². The van der Waals surface area contributed by atoms with Crippen LogP contribution in [0.25, 0.3) is 22.3 Å². The van der Waals surface area contributed by atoms with Gasteiger partial charge in [0, 0.05) is 37.2 Å². The molecule has 1 unspecified atom stereocenters. The monoisotopic (exact) mass is 698 g/mol. The van der Waals surface area contributed by atoms with Gasteiger partial charge in [0.05, 0.1) is 16.5 Å². The van der Waals surface area contributed by atoms with Gasteiger partial charge >= 0.3 is 17.1 Å². The molecule has 6 rings (SSSR count). The summed E-state index contributed by atoms with van der Waals surface area (Å²) in [5.41, 5.74) is 9.10. The summed E-state index contributed by atoms with van der Waals surface area (Å²) in [5.74, 6) is 0. The van der Waals surface area contributed by atoms with Crippen molar-refractivity contribution in [2.24, 2.45) is 0 Å². The Labute approximate surface area is 295 Å². The van der Waals surface area contributed by atoms with Crippen molar-refractivity contribution in [2.45, 2.75) is 63.2 Å². The molecule has 0 radical (unpaired) electrons. The Morgan fingerprint density at radius 1 is 0.702 bits per heavy atom. The molecule has 1 atom stereocenters. The second-order valence-electron chi connectivity index (χ2n) is 13.4. The average molecular weight is 699 g/mol. The maximum atomic E-state index is 4.86. The van der Waals surface area contributed by atoms with Crippen molar-refractivity contribution in [2.75, 3.05) is 0 Å². The smallest absolute Gasteiger partial charge is 0.261 e. The summed E-state index contributed by atoms with van der Waals surface area (Å²) in [6.45, 7) is 14.4. The Morgan fingerprint density at radius 3 is 1.64 bits per heavy atom. The van der Waals surface area contributed by atoms with Crippen molar-refractivity contribution in [1.29, 1.82) is 0 Å². The van der Waals surface area contributed by atoms with Gasteiger partial charge in [0.25, 0.3) is 0 Å². The van der Waals surface area contributed by atoms with Gasteiger partial charge in [-0.25, -0.2) is 12.1 Å². The summed E-state index contributed by atoms with van der Waals surface area (Å²) in [6, 6.07) is 33.9. The molecule has 0 spiro atoms. The summed E-state index contributed by atoms with van der Waals surface area (Å²) in [6.07, 6.45) is 11.7. The number of aromatic nitrogens is 4. The first-order valence-corrected chi connectivity index (χ1v) is 17.8. The molecule has 242 valence electrons. The van der Waals surface area contributed by atoms with Gasteiger partial charge in [0.1, 0.15) is 0 Å². The van der Waals surface area contributed by atoms with Crippen LogP contribution in [0.1, 0.15) is 64.1 Å². The summed E-state index contributed by atoms with van der Waals surface area (Å²) >= 11 is 0. The van der Waals surface area contributed by atoms with Crippen LogP contribution in [0.2, 0.25) is 0 Å². The third-order valence-electron chi connectivity index (χ3n) is 8.18. The minimum Gasteiger partial charge on any atom is -0.261 e. The summed E-state index contributed by atoms with van der Waals surface area (Å²) in [5, 5.41) is -0.456. The van der Waals surface area contributed by atoms with Crippen LogP contribution in [0.5, 0.6) is 0 Å². The van der Waals surface area contributed by atoms with Crippen LogP contribution in [0.4, 0.5) is 0 Å². The molecule has 47 heavy (non-hydrogen) atoms. The minimum atomic E-state index is -0.745. The molecule has 0 fully saturated rings. The second kappa shape index (κ2) is 15.7. The fraction of sp³-hybridized carbons (Fsp3) is 0.250. The van der Waals surface area contributed by atoms with Crippen LogP contribution in [0.3, 0.4) is 0 Å². The van der Waals surface area contributed by atoms with Gasteiger partial charge in [-0.3, -0.25) is 19.9 Å². The minimum absolute atomic E-state index is 0. The van der Waals surface area contributed by atoms with Crippen molar-refractivity contribution in [3.8, 4) is 22.3 Å². The topological polar surface area (TPSA) is 51.6 Å². The molecule has 0 aliphatic heterocycles. The molecule has 0 saturated carbocycles. The summed E-state index contributed by atoms with van der Waals surface area (Å²) < 4.78 is 0. The molecule has 0 aliphatic rings. The Hall–Kier alpha value is -3.32. The van der Waals surface area contributed by atoms with E-state index in [9.17, 15) is 0 Å². The first kappa shape index (κ1) is 36.5. The molecule has 6 aromatic rings. The van der Waals surface area contributed by atoms with E-state index in [0.717, 1.165) is 17.5 Å². The zero-order chi connectivity index (χ0) is 32.8. The molecule has 0 amide bonds. The van der Waals surface area contributed by atoms with Gasteiger partial charge < -0.3 is 0 Å². The number of benzene rings is 2. The Bertz CT molecular complexity index is 1710. The van der Waals surface area contributed by atoms with Gasteiger partial charge in [-0.15, -0.1) is 33.0 Å². The van der Waals surface area contributed by atoms with E-state index < -0.39 is 13.1 Å². The van der Waals surface area contributed by atoms with Crippen LogP contribution >= 0.6 is 17.2 Å². The van der Waals surface area contributed by atoms with E-state index in [-0.39, 0.29) is 27.4 Å². The molecule has 0 bridgehead atoms. The standard InChI is InChI=1S/C35H39N4P2.C5H5.Fe/c1-33(2,3)41(34(4,5)6)24-28-29(35(40,30-22-36-17-19-38-30)31-23-37-18-20-39-31)21-27(25-13-9-7-10-14-25)32(28)26-15-11-8-12-16-26;1-2-4-5-3-1;/h7-23H,24,40H2,1-6H3;1-5H;/q2*-1;+2. The van der Waals surface area contributed by atoms with Crippen molar-refractivity contribution < 1.29 is 17.1 Å². The fourth-order valence-corrected chi connectivity index (χ4v) is 10.4. The number of hydrogen-bond donors (Lipinski definition) is 0. The number of nitrogens with zero attached hydrogens (tertiary/aromatic N) is 4. The quantitative estimate of drug-likeness (QED) is 0.0946. The molecule has 7 heteroatoms. The maximum Gasteiger partial charge on any atom is 2.00 e. The second-order valence-corrected chi connectivity index (χ2v) is 18.2. The summed E-state index contributed by atoms with van der Waals surface area (Å²) in [4.78, 5) is 18.7. The van der Waals surface area contributed by atoms with E-state index in [1.165, 1.54) is 33.4 Å². The van der Waals surface area contributed by atoms with E-state index in [4.69, 9.17) is 9.97 Å². The third kappa shape index (κ3) is 8.40. The summed E-state index contributed by atoms with van der Waals surface area (Å²) in [7, 11) is 2.67.